The maximum absolute atomic E-state index is 9.65. The number of aliphatic carboxylic acids is 8. The number of hydrogen-bond donors (Lipinski definition) is 9. The predicted molar refractivity (Wildman–Crippen MR) is 117 cm³/mol. The molecule has 0 aliphatic carbocycles. The molecular weight excluding hydrogens is 488 g/mol. The second-order valence-corrected chi connectivity index (χ2v) is 4.85. The van der Waals surface area contributed by atoms with Crippen LogP contribution in [-0.4, -0.2) is 100 Å². The number of aliphatic hydroxyl groups is 1. The molecule has 0 atom stereocenters. The molecule has 0 unspecified atom stereocenters. The first-order valence-corrected chi connectivity index (χ1v) is 8.59. The minimum atomic E-state index is -0.853. The van der Waals surface area contributed by atoms with Gasteiger partial charge in [0.15, 0.2) is 0 Å². The lowest BCUT2D eigenvalue weighted by Gasteiger charge is -1.85. The van der Waals surface area contributed by atoms with Crippen LogP contribution in [0.4, 0.5) is 0 Å². The summed E-state index contributed by atoms with van der Waals surface area (Å²) in [7, 11) is 0. The Morgan fingerprint density at radius 2 is 0.514 bits per heavy atom. The smallest absolute Gasteiger partial charge is 0.303 e. The van der Waals surface area contributed by atoms with Crippen molar-refractivity contribution in [1.82, 2.24) is 0 Å². The van der Waals surface area contributed by atoms with Crippen LogP contribution in [0.1, 0.15) is 61.3 Å². The zero-order valence-electron chi connectivity index (χ0n) is 20.4. The van der Waals surface area contributed by atoms with Crippen molar-refractivity contribution in [3.63, 3.8) is 0 Å². The van der Waals surface area contributed by atoms with Gasteiger partial charge in [-0.3, -0.25) is 38.4 Å². The van der Waals surface area contributed by atoms with Crippen molar-refractivity contribution in [1.29, 1.82) is 0 Å². The molecule has 0 aromatic carbocycles. The van der Waals surface area contributed by atoms with Gasteiger partial charge in [-0.25, -0.2) is 0 Å². The molecule has 0 aromatic heterocycles. The molecule has 0 fully saturated rings. The van der Waals surface area contributed by atoms with E-state index in [9.17, 15) is 4.79 Å². The van der Waals surface area contributed by atoms with E-state index in [4.69, 9.17) is 79.5 Å². The van der Waals surface area contributed by atoms with Crippen molar-refractivity contribution < 1.29 is 84.3 Å². The largest absolute Gasteiger partial charge is 0.481 e. The summed E-state index contributed by atoms with van der Waals surface area (Å²) < 4.78 is 0. The zero-order valence-corrected chi connectivity index (χ0v) is 20.4. The van der Waals surface area contributed by atoms with Crippen LogP contribution in [0.25, 0.3) is 0 Å². The third kappa shape index (κ3) is 291000. The predicted octanol–water partition coefficient (Wildman–Crippen LogP) is 0.480. The van der Waals surface area contributed by atoms with Crippen LogP contribution in [-0.2, 0) is 38.4 Å². The summed E-state index contributed by atoms with van der Waals surface area (Å²) in [6.45, 7) is 7.55. The van der Waals surface area contributed by atoms with Gasteiger partial charge in [0.1, 0.15) is 0 Å². The number of carboxylic acid groups (broad SMARTS) is 8. The summed E-state index contributed by atoms with van der Waals surface area (Å²) in [4.78, 5) is 72.6. The number of carbonyl (C=O) groups is 8. The molecule has 17 nitrogen and oxygen atoms in total. The van der Waals surface area contributed by atoms with Gasteiger partial charge >= 0.3 is 5.97 Å². The Morgan fingerprint density at radius 1 is 0.400 bits per heavy atom. The first-order valence-electron chi connectivity index (χ1n) is 8.59. The van der Waals surface area contributed by atoms with Gasteiger partial charge in [0.2, 0.25) is 0 Å². The van der Waals surface area contributed by atoms with Crippen LogP contribution >= 0.6 is 0 Å². The number of hydrogen-bond acceptors (Lipinski definition) is 9. The molecule has 0 saturated heterocycles. The lowest BCUT2D eigenvalue weighted by molar-refractivity contribution is -0.138. The summed E-state index contributed by atoms with van der Waals surface area (Å²) in [5.74, 6) is -6.69. The third-order valence-electron chi connectivity index (χ3n) is 0.549. The number of rotatable bonds is 3. The van der Waals surface area contributed by atoms with Gasteiger partial charge in [-0.05, 0) is 6.42 Å². The first-order chi connectivity index (χ1) is 15.4. The minimum absolute atomic E-state index is 0.0354. The molecule has 0 saturated carbocycles. The van der Waals surface area contributed by atoms with Gasteiger partial charge in [0.05, 0.1) is 0 Å². The Kier molecular flexibility index (Phi) is 71.3. The summed E-state index contributed by atoms with van der Waals surface area (Å²) in [6, 6.07) is 0. The molecule has 0 rings (SSSR count). The lowest BCUT2D eigenvalue weighted by atomic mass is 10.3. The quantitative estimate of drug-likeness (QED) is 0.242. The van der Waals surface area contributed by atoms with E-state index in [0.29, 0.717) is 6.42 Å². The molecular formula is C18H36O17. The molecule has 0 aromatic rings. The molecule has 0 aliphatic heterocycles. The summed E-state index contributed by atoms with van der Waals surface area (Å²) in [6.07, 6.45) is 0.422. The standard InChI is InChI=1S/C4H8O3.7C2H4O2/c5-3-1-2-4(6)7;7*1-2(3)4/h5H,1-3H2,(H,6,7);7*1H3,(H,3,4). The highest BCUT2D eigenvalue weighted by atomic mass is 16.4. The van der Waals surface area contributed by atoms with Crippen molar-refractivity contribution in [2.75, 3.05) is 6.61 Å². The van der Waals surface area contributed by atoms with E-state index in [-0.39, 0.29) is 13.0 Å². The maximum Gasteiger partial charge on any atom is 0.303 e. The topological polar surface area (TPSA) is 319 Å². The van der Waals surface area contributed by atoms with Crippen LogP contribution in [0.2, 0.25) is 0 Å². The second kappa shape index (κ2) is 47.5. The molecule has 0 amide bonds. The van der Waals surface area contributed by atoms with E-state index in [1.165, 1.54) is 0 Å². The lowest BCUT2D eigenvalue weighted by Crippen LogP contribution is -1.95. The maximum atomic E-state index is 9.65. The van der Waals surface area contributed by atoms with E-state index < -0.39 is 47.8 Å². The van der Waals surface area contributed by atoms with Gasteiger partial charge in [0, 0.05) is 61.5 Å². The Bertz CT molecular complexity index is 436. The summed E-state index contributed by atoms with van der Waals surface area (Å²) >= 11 is 0. The van der Waals surface area contributed by atoms with Crippen LogP contribution in [0, 0.1) is 0 Å². The van der Waals surface area contributed by atoms with E-state index in [0.717, 1.165) is 48.5 Å². The van der Waals surface area contributed by atoms with E-state index in [2.05, 4.69) is 0 Å². The highest BCUT2D eigenvalue weighted by Crippen LogP contribution is 1.83. The van der Waals surface area contributed by atoms with Gasteiger partial charge in [-0.15, -0.1) is 0 Å². The Labute approximate surface area is 200 Å². The highest BCUT2D eigenvalue weighted by Gasteiger charge is 1.91. The molecule has 35 heavy (non-hydrogen) atoms. The highest BCUT2D eigenvalue weighted by molar-refractivity contribution is 5.66. The van der Waals surface area contributed by atoms with Gasteiger partial charge in [-0.2, -0.15) is 0 Å². The monoisotopic (exact) mass is 524 g/mol. The number of aliphatic hydroxyl groups excluding tert-OH is 1. The number of carboxylic acids is 8. The van der Waals surface area contributed by atoms with Gasteiger partial charge in [0.25, 0.3) is 41.8 Å². The average Bonchev–Trinajstić information content (AvgIpc) is 2.48. The fourth-order valence-electron chi connectivity index (χ4n) is 0.230. The second-order valence-electron chi connectivity index (χ2n) is 4.85. The third-order valence-corrected chi connectivity index (χ3v) is 0.549. The van der Waals surface area contributed by atoms with Crippen molar-refractivity contribution in [3.05, 3.63) is 0 Å². The first kappa shape index (κ1) is 52.6. The van der Waals surface area contributed by atoms with E-state index in [1.807, 2.05) is 0 Å². The molecule has 0 heterocycles. The fourth-order valence-corrected chi connectivity index (χ4v) is 0.230. The van der Waals surface area contributed by atoms with Crippen molar-refractivity contribution in [2.24, 2.45) is 0 Å². The van der Waals surface area contributed by atoms with Gasteiger partial charge in [-0.1, -0.05) is 0 Å². The van der Waals surface area contributed by atoms with E-state index in [1.54, 1.807) is 0 Å². The molecule has 17 heteroatoms. The Morgan fingerprint density at radius 3 is 0.543 bits per heavy atom. The van der Waals surface area contributed by atoms with E-state index >= 15 is 0 Å². The van der Waals surface area contributed by atoms with Gasteiger partial charge < -0.3 is 46.0 Å². The summed E-state index contributed by atoms with van der Waals surface area (Å²) in [5.41, 5.74) is 0. The van der Waals surface area contributed by atoms with Crippen molar-refractivity contribution in [2.45, 2.75) is 61.3 Å². The fraction of sp³-hybridized carbons (Fsp3) is 0.556. The van der Waals surface area contributed by atoms with Crippen LogP contribution in [0.5, 0.6) is 0 Å². The Balaban J connectivity index is -0.0000000401. The molecule has 9 N–H and O–H groups in total. The minimum Gasteiger partial charge on any atom is -0.481 e. The average molecular weight is 524 g/mol. The van der Waals surface area contributed by atoms with Crippen LogP contribution in [0.15, 0.2) is 0 Å². The molecule has 210 valence electrons. The molecule has 0 spiro atoms. The zero-order chi connectivity index (χ0) is 30.7. The van der Waals surface area contributed by atoms with Crippen LogP contribution in [0.3, 0.4) is 0 Å². The van der Waals surface area contributed by atoms with Crippen molar-refractivity contribution >= 4 is 47.8 Å². The normalized spacial score (nSPS) is 6.74. The molecule has 0 bridgehead atoms. The Hall–Kier alpha value is -4.28. The SMILES string of the molecule is CC(=O)O.CC(=O)O.CC(=O)O.CC(=O)O.CC(=O)O.CC(=O)O.CC(=O)O.O=C(O)CCCO. The van der Waals surface area contributed by atoms with Crippen LogP contribution < -0.4 is 0 Å². The molecule has 0 radical (unpaired) electrons. The summed E-state index contributed by atoms with van der Waals surface area (Å²) in [5, 5.41) is 67.9. The molecule has 0 aliphatic rings. The van der Waals surface area contributed by atoms with Crippen molar-refractivity contribution in [3.8, 4) is 0 Å².